The minimum absolute atomic E-state index is 0.0768. The molecular formula is C20H26N4O4S2. The molecule has 2 aromatic heterocycles. The number of hydrogen-bond acceptors (Lipinski definition) is 7. The fraction of sp³-hybridized carbons (Fsp3) is 0.400. The Morgan fingerprint density at radius 3 is 2.63 bits per heavy atom. The molecule has 1 aromatic carbocycles. The van der Waals surface area contributed by atoms with Crippen LogP contribution in [0.25, 0.3) is 10.2 Å². The largest absolute Gasteiger partial charge is 0.492 e. The van der Waals surface area contributed by atoms with Gasteiger partial charge in [0.25, 0.3) is 5.56 Å². The highest BCUT2D eigenvalue weighted by Crippen LogP contribution is 2.31. The highest BCUT2D eigenvalue weighted by molar-refractivity contribution is 7.89. The van der Waals surface area contributed by atoms with Gasteiger partial charge in [0.05, 0.1) is 18.0 Å². The van der Waals surface area contributed by atoms with Crippen LogP contribution in [0.2, 0.25) is 0 Å². The predicted octanol–water partition coefficient (Wildman–Crippen LogP) is 3.42. The molecule has 10 heteroatoms. The fourth-order valence-corrected chi connectivity index (χ4v) is 5.15. The standard InChI is InChI=1S/C20H26N4O4S2/c1-7-28-15-9-8-14(10-16(15)30(26,27)24(5)6)21-12(3)18-22-19(25)17-11(2)13(4)29-20(17)23-18/h8-10,12,21H,7H2,1-6H3,(H,22,23,25). The first kappa shape index (κ1) is 22.3. The highest BCUT2D eigenvalue weighted by atomic mass is 32.2. The Bertz CT molecular complexity index is 1250. The van der Waals surface area contributed by atoms with E-state index in [1.54, 1.807) is 19.1 Å². The zero-order chi connectivity index (χ0) is 22.2. The number of aromatic amines is 1. The summed E-state index contributed by atoms with van der Waals surface area (Å²) in [5.41, 5.74) is 1.35. The monoisotopic (exact) mass is 450 g/mol. The van der Waals surface area contributed by atoms with Crippen molar-refractivity contribution in [2.24, 2.45) is 0 Å². The summed E-state index contributed by atoms with van der Waals surface area (Å²) in [5.74, 6) is 0.779. The predicted molar refractivity (Wildman–Crippen MR) is 120 cm³/mol. The molecule has 0 amide bonds. The molecule has 30 heavy (non-hydrogen) atoms. The molecule has 8 nitrogen and oxygen atoms in total. The van der Waals surface area contributed by atoms with Crippen molar-refractivity contribution in [2.45, 2.75) is 38.6 Å². The molecule has 3 aromatic rings. The summed E-state index contributed by atoms with van der Waals surface area (Å²) < 4.78 is 32.1. The van der Waals surface area contributed by atoms with Crippen LogP contribution in [-0.4, -0.2) is 43.4 Å². The maximum atomic E-state index is 12.7. The second kappa shape index (κ2) is 8.37. The second-order valence-electron chi connectivity index (χ2n) is 7.16. The van der Waals surface area contributed by atoms with E-state index < -0.39 is 10.0 Å². The Labute approximate surface area is 180 Å². The SMILES string of the molecule is CCOc1ccc(NC(C)c2nc3sc(C)c(C)c3c(=O)[nH]2)cc1S(=O)(=O)N(C)C. The first-order chi connectivity index (χ1) is 14.1. The number of hydrogen-bond donors (Lipinski definition) is 2. The smallest absolute Gasteiger partial charge is 0.259 e. The van der Waals surface area contributed by atoms with Crippen molar-refractivity contribution < 1.29 is 13.2 Å². The van der Waals surface area contributed by atoms with E-state index in [-0.39, 0.29) is 16.5 Å². The minimum Gasteiger partial charge on any atom is -0.492 e. The summed E-state index contributed by atoms with van der Waals surface area (Å²) in [6.07, 6.45) is 0. The molecule has 2 N–H and O–H groups in total. The third-order valence-corrected chi connectivity index (χ3v) is 7.79. The fourth-order valence-electron chi connectivity index (χ4n) is 3.07. The molecular weight excluding hydrogens is 424 g/mol. The van der Waals surface area contributed by atoms with Crippen molar-refractivity contribution in [2.75, 3.05) is 26.0 Å². The summed E-state index contributed by atoms with van der Waals surface area (Å²) in [6.45, 7) is 7.89. The lowest BCUT2D eigenvalue weighted by molar-refractivity contribution is 0.330. The summed E-state index contributed by atoms with van der Waals surface area (Å²) in [7, 11) is -0.744. The van der Waals surface area contributed by atoms with Crippen LogP contribution in [0.3, 0.4) is 0 Å². The number of nitrogens with zero attached hydrogens (tertiary/aromatic N) is 2. The van der Waals surface area contributed by atoms with Gasteiger partial charge >= 0.3 is 0 Å². The molecule has 0 aliphatic heterocycles. The number of fused-ring (bicyclic) bond motifs is 1. The van der Waals surface area contributed by atoms with Crippen molar-refractivity contribution in [3.8, 4) is 5.75 Å². The zero-order valence-corrected chi connectivity index (χ0v) is 19.5. The van der Waals surface area contributed by atoms with Gasteiger partial charge in [0, 0.05) is 24.7 Å². The maximum absolute atomic E-state index is 12.7. The third kappa shape index (κ3) is 4.07. The van der Waals surface area contributed by atoms with E-state index in [9.17, 15) is 13.2 Å². The topological polar surface area (TPSA) is 104 Å². The van der Waals surface area contributed by atoms with E-state index in [4.69, 9.17) is 4.74 Å². The van der Waals surface area contributed by atoms with Gasteiger partial charge in [-0.1, -0.05) is 0 Å². The average molecular weight is 451 g/mol. The number of rotatable bonds is 7. The van der Waals surface area contributed by atoms with Gasteiger partial charge < -0.3 is 15.0 Å². The molecule has 2 heterocycles. The first-order valence-corrected chi connectivity index (χ1v) is 11.8. The maximum Gasteiger partial charge on any atom is 0.259 e. The number of sulfonamides is 1. The van der Waals surface area contributed by atoms with E-state index >= 15 is 0 Å². The molecule has 162 valence electrons. The number of ether oxygens (including phenoxy) is 1. The number of benzene rings is 1. The van der Waals surface area contributed by atoms with Gasteiger partial charge in [-0.15, -0.1) is 11.3 Å². The molecule has 0 aliphatic rings. The van der Waals surface area contributed by atoms with Crippen LogP contribution < -0.4 is 15.6 Å². The van der Waals surface area contributed by atoms with Gasteiger partial charge in [0.2, 0.25) is 10.0 Å². The van der Waals surface area contributed by atoms with E-state index in [2.05, 4.69) is 15.3 Å². The number of aryl methyl sites for hydroxylation is 2. The molecule has 0 saturated carbocycles. The molecule has 1 atom stereocenters. The molecule has 0 saturated heterocycles. The zero-order valence-electron chi connectivity index (χ0n) is 17.9. The third-order valence-electron chi connectivity index (χ3n) is 4.85. The normalized spacial score (nSPS) is 13.0. The van der Waals surface area contributed by atoms with Crippen molar-refractivity contribution in [1.82, 2.24) is 14.3 Å². The molecule has 0 bridgehead atoms. The lowest BCUT2D eigenvalue weighted by Gasteiger charge is -2.19. The molecule has 3 rings (SSSR count). The quantitative estimate of drug-likeness (QED) is 0.572. The van der Waals surface area contributed by atoms with E-state index in [0.717, 1.165) is 14.7 Å². The van der Waals surface area contributed by atoms with Gasteiger partial charge in [0.15, 0.2) is 0 Å². The molecule has 1 unspecified atom stereocenters. The number of nitrogens with one attached hydrogen (secondary N) is 2. The number of anilines is 1. The van der Waals surface area contributed by atoms with Gasteiger partial charge in [0.1, 0.15) is 21.3 Å². The second-order valence-corrected chi connectivity index (χ2v) is 10.5. The Hall–Kier alpha value is -2.43. The number of thiophene rings is 1. The van der Waals surface area contributed by atoms with Crippen LogP contribution in [-0.2, 0) is 10.0 Å². The molecule has 0 fully saturated rings. The van der Waals surface area contributed by atoms with Gasteiger partial charge in [-0.3, -0.25) is 4.79 Å². The Morgan fingerprint density at radius 2 is 2.00 bits per heavy atom. The molecule has 0 aliphatic carbocycles. The van der Waals surface area contributed by atoms with Crippen LogP contribution in [0, 0.1) is 13.8 Å². The summed E-state index contributed by atoms with van der Waals surface area (Å²) in [5, 5.41) is 3.85. The van der Waals surface area contributed by atoms with Crippen LogP contribution >= 0.6 is 11.3 Å². The summed E-state index contributed by atoms with van der Waals surface area (Å²) >= 11 is 1.49. The molecule has 0 radical (unpaired) electrons. The van der Waals surface area contributed by atoms with Crippen LogP contribution in [0.5, 0.6) is 5.75 Å². The average Bonchev–Trinajstić information content (AvgIpc) is 2.97. The molecule has 0 spiro atoms. The van der Waals surface area contributed by atoms with E-state index in [0.29, 0.717) is 34.1 Å². The summed E-state index contributed by atoms with van der Waals surface area (Å²) in [4.78, 5) is 21.8. The Morgan fingerprint density at radius 1 is 1.30 bits per heavy atom. The Balaban J connectivity index is 1.98. The van der Waals surface area contributed by atoms with Crippen molar-refractivity contribution in [3.05, 3.63) is 44.8 Å². The van der Waals surface area contributed by atoms with Crippen molar-refractivity contribution in [1.29, 1.82) is 0 Å². The van der Waals surface area contributed by atoms with Gasteiger partial charge in [-0.25, -0.2) is 17.7 Å². The van der Waals surface area contributed by atoms with Crippen LogP contribution in [0.15, 0.2) is 27.9 Å². The minimum atomic E-state index is -3.69. The summed E-state index contributed by atoms with van der Waals surface area (Å²) in [6, 6.07) is 4.55. The van der Waals surface area contributed by atoms with Crippen molar-refractivity contribution >= 4 is 37.3 Å². The van der Waals surface area contributed by atoms with Gasteiger partial charge in [-0.05, 0) is 51.5 Å². The van der Waals surface area contributed by atoms with Crippen molar-refractivity contribution in [3.63, 3.8) is 0 Å². The van der Waals surface area contributed by atoms with Crippen LogP contribution in [0.1, 0.15) is 36.2 Å². The lowest BCUT2D eigenvalue weighted by atomic mass is 10.2. The highest BCUT2D eigenvalue weighted by Gasteiger charge is 2.23. The lowest BCUT2D eigenvalue weighted by Crippen LogP contribution is -2.23. The Kier molecular flexibility index (Phi) is 6.21. The van der Waals surface area contributed by atoms with Crippen LogP contribution in [0.4, 0.5) is 5.69 Å². The van der Waals surface area contributed by atoms with E-state index in [1.807, 2.05) is 20.8 Å². The first-order valence-electron chi connectivity index (χ1n) is 9.52. The number of H-pyrrole nitrogens is 1. The van der Waals surface area contributed by atoms with E-state index in [1.165, 1.54) is 31.5 Å². The number of aromatic nitrogens is 2. The van der Waals surface area contributed by atoms with Gasteiger partial charge in [-0.2, -0.15) is 0 Å².